The third-order valence-electron chi connectivity index (χ3n) is 3.21. The Balaban J connectivity index is 2.64. The molecule has 0 saturated carbocycles. The fraction of sp³-hybridized carbons (Fsp3) is 0.200. The van der Waals surface area contributed by atoms with Gasteiger partial charge in [-0.3, -0.25) is 5.84 Å². The van der Waals surface area contributed by atoms with Gasteiger partial charge in [0.25, 0.3) is 0 Å². The summed E-state index contributed by atoms with van der Waals surface area (Å²) in [6.45, 7) is 0. The Morgan fingerprint density at radius 1 is 1.00 bits per heavy atom. The first kappa shape index (κ1) is 15.2. The summed E-state index contributed by atoms with van der Waals surface area (Å²) in [7, 11) is 2.96. The largest absolute Gasteiger partial charge is 0.496 e. The van der Waals surface area contributed by atoms with E-state index in [2.05, 4.69) is 5.43 Å². The van der Waals surface area contributed by atoms with Crippen molar-refractivity contribution < 1.29 is 18.3 Å². The molecule has 2 aromatic carbocycles. The lowest BCUT2D eigenvalue weighted by atomic mass is 9.96. The van der Waals surface area contributed by atoms with Crippen LogP contribution in [0.25, 0.3) is 0 Å². The molecular weight excluding hydrogens is 278 g/mol. The Hall–Kier alpha value is -2.18. The number of methoxy groups -OCH3 is 2. The summed E-state index contributed by atoms with van der Waals surface area (Å²) >= 11 is 0. The summed E-state index contributed by atoms with van der Waals surface area (Å²) in [4.78, 5) is 0. The van der Waals surface area contributed by atoms with Gasteiger partial charge in [0, 0.05) is 5.56 Å². The first-order chi connectivity index (χ1) is 10.1. The van der Waals surface area contributed by atoms with Crippen LogP contribution in [-0.4, -0.2) is 14.2 Å². The lowest BCUT2D eigenvalue weighted by molar-refractivity contribution is 0.375. The van der Waals surface area contributed by atoms with E-state index in [4.69, 9.17) is 15.3 Å². The van der Waals surface area contributed by atoms with E-state index in [0.29, 0.717) is 17.1 Å². The van der Waals surface area contributed by atoms with E-state index in [9.17, 15) is 8.78 Å². The van der Waals surface area contributed by atoms with Gasteiger partial charge >= 0.3 is 0 Å². The molecular formula is C15H16F2N2O2. The van der Waals surface area contributed by atoms with Gasteiger partial charge in [-0.2, -0.15) is 0 Å². The normalized spacial score (nSPS) is 12.0. The average Bonchev–Trinajstić information content (AvgIpc) is 2.52. The van der Waals surface area contributed by atoms with Gasteiger partial charge in [0.05, 0.1) is 25.8 Å². The third-order valence-corrected chi connectivity index (χ3v) is 3.21. The molecule has 0 aliphatic heterocycles. The number of hydrogen-bond donors (Lipinski definition) is 2. The zero-order valence-corrected chi connectivity index (χ0v) is 11.7. The molecule has 21 heavy (non-hydrogen) atoms. The summed E-state index contributed by atoms with van der Waals surface area (Å²) in [5.74, 6) is 4.56. The fourth-order valence-corrected chi connectivity index (χ4v) is 2.24. The van der Waals surface area contributed by atoms with Crippen molar-refractivity contribution in [2.24, 2.45) is 5.84 Å². The van der Waals surface area contributed by atoms with Crippen LogP contribution < -0.4 is 20.7 Å². The van der Waals surface area contributed by atoms with E-state index in [0.717, 1.165) is 6.07 Å². The second kappa shape index (κ2) is 6.51. The SMILES string of the molecule is COc1cccc(OC)c1C(NN)c1cccc(F)c1F. The summed E-state index contributed by atoms with van der Waals surface area (Å²) in [5.41, 5.74) is 3.05. The van der Waals surface area contributed by atoms with Gasteiger partial charge in [-0.25, -0.2) is 14.2 Å². The Bertz CT molecular complexity index is 613. The van der Waals surface area contributed by atoms with Crippen LogP contribution in [0.3, 0.4) is 0 Å². The molecule has 0 heterocycles. The highest BCUT2D eigenvalue weighted by molar-refractivity contribution is 5.50. The van der Waals surface area contributed by atoms with Crippen LogP contribution in [0.5, 0.6) is 11.5 Å². The Morgan fingerprint density at radius 3 is 2.10 bits per heavy atom. The standard InChI is InChI=1S/C15H16F2N2O2/c1-20-11-7-4-8-12(21-2)13(11)15(19-18)9-5-3-6-10(16)14(9)17/h3-8,15,19H,18H2,1-2H3. The minimum Gasteiger partial charge on any atom is -0.496 e. The molecule has 2 rings (SSSR count). The van der Waals surface area contributed by atoms with Gasteiger partial charge in [0.2, 0.25) is 0 Å². The first-order valence-electron chi connectivity index (χ1n) is 6.25. The van der Waals surface area contributed by atoms with E-state index in [1.165, 1.54) is 26.4 Å². The van der Waals surface area contributed by atoms with Crippen molar-refractivity contribution in [3.63, 3.8) is 0 Å². The molecule has 1 atom stereocenters. The molecule has 0 amide bonds. The van der Waals surface area contributed by atoms with Crippen LogP contribution in [0.15, 0.2) is 36.4 Å². The maximum atomic E-state index is 14.0. The predicted octanol–water partition coefficient (Wildman–Crippen LogP) is 2.53. The van der Waals surface area contributed by atoms with Gasteiger partial charge in [0.1, 0.15) is 11.5 Å². The van der Waals surface area contributed by atoms with E-state index in [1.807, 2.05) is 0 Å². The average molecular weight is 294 g/mol. The number of hydrogen-bond acceptors (Lipinski definition) is 4. The second-order valence-corrected chi connectivity index (χ2v) is 4.32. The molecule has 1 unspecified atom stereocenters. The van der Waals surface area contributed by atoms with E-state index >= 15 is 0 Å². The summed E-state index contributed by atoms with van der Waals surface area (Å²) in [5, 5.41) is 0. The molecule has 0 fully saturated rings. The highest BCUT2D eigenvalue weighted by atomic mass is 19.2. The predicted molar refractivity (Wildman–Crippen MR) is 75.1 cm³/mol. The van der Waals surface area contributed by atoms with Crippen molar-refractivity contribution in [1.82, 2.24) is 5.43 Å². The van der Waals surface area contributed by atoms with Crippen molar-refractivity contribution in [3.8, 4) is 11.5 Å². The molecule has 4 nitrogen and oxygen atoms in total. The van der Waals surface area contributed by atoms with Gasteiger partial charge in [-0.15, -0.1) is 0 Å². The number of hydrazine groups is 1. The molecule has 3 N–H and O–H groups in total. The van der Waals surface area contributed by atoms with E-state index in [-0.39, 0.29) is 5.56 Å². The molecule has 0 radical (unpaired) electrons. The van der Waals surface area contributed by atoms with Gasteiger partial charge in [-0.1, -0.05) is 18.2 Å². The zero-order valence-electron chi connectivity index (χ0n) is 11.7. The zero-order chi connectivity index (χ0) is 15.4. The van der Waals surface area contributed by atoms with E-state index in [1.54, 1.807) is 18.2 Å². The van der Waals surface area contributed by atoms with Crippen molar-refractivity contribution in [3.05, 3.63) is 59.2 Å². The molecule has 112 valence electrons. The Morgan fingerprint density at radius 2 is 1.57 bits per heavy atom. The van der Waals surface area contributed by atoms with Crippen molar-refractivity contribution in [1.29, 1.82) is 0 Å². The minimum atomic E-state index is -0.964. The van der Waals surface area contributed by atoms with Crippen molar-refractivity contribution in [2.75, 3.05) is 14.2 Å². The maximum Gasteiger partial charge on any atom is 0.163 e. The summed E-state index contributed by atoms with van der Waals surface area (Å²) in [6, 6.07) is 8.22. The number of halogens is 2. The molecule has 0 spiro atoms. The monoisotopic (exact) mass is 294 g/mol. The number of nitrogens with one attached hydrogen (secondary N) is 1. The van der Waals surface area contributed by atoms with Gasteiger partial charge in [-0.05, 0) is 18.2 Å². The number of rotatable bonds is 5. The molecule has 0 saturated heterocycles. The number of benzene rings is 2. The highest BCUT2D eigenvalue weighted by Crippen LogP contribution is 2.37. The van der Waals surface area contributed by atoms with Crippen LogP contribution in [0, 0.1) is 11.6 Å². The Labute approximate surface area is 121 Å². The van der Waals surface area contributed by atoms with Crippen molar-refractivity contribution in [2.45, 2.75) is 6.04 Å². The quantitative estimate of drug-likeness (QED) is 0.657. The molecule has 6 heteroatoms. The van der Waals surface area contributed by atoms with Crippen LogP contribution in [-0.2, 0) is 0 Å². The van der Waals surface area contributed by atoms with Gasteiger partial charge in [0.15, 0.2) is 11.6 Å². The maximum absolute atomic E-state index is 14.0. The summed E-state index contributed by atoms with van der Waals surface area (Å²) < 4.78 is 38.0. The first-order valence-corrected chi connectivity index (χ1v) is 6.25. The van der Waals surface area contributed by atoms with Gasteiger partial charge < -0.3 is 9.47 Å². The minimum absolute atomic E-state index is 0.0697. The van der Waals surface area contributed by atoms with Crippen LogP contribution >= 0.6 is 0 Å². The number of ether oxygens (including phenoxy) is 2. The van der Waals surface area contributed by atoms with E-state index < -0.39 is 17.7 Å². The Kier molecular flexibility index (Phi) is 4.72. The van der Waals surface area contributed by atoms with Crippen LogP contribution in [0.2, 0.25) is 0 Å². The topological polar surface area (TPSA) is 56.5 Å². The molecule has 0 aliphatic carbocycles. The molecule has 2 aromatic rings. The molecule has 0 bridgehead atoms. The summed E-state index contributed by atoms with van der Waals surface area (Å²) in [6.07, 6.45) is 0. The third kappa shape index (κ3) is 2.81. The van der Waals surface area contributed by atoms with Crippen LogP contribution in [0.4, 0.5) is 8.78 Å². The second-order valence-electron chi connectivity index (χ2n) is 4.32. The van der Waals surface area contributed by atoms with Crippen LogP contribution in [0.1, 0.15) is 17.2 Å². The fourth-order valence-electron chi connectivity index (χ4n) is 2.24. The number of nitrogens with two attached hydrogens (primary N) is 1. The smallest absolute Gasteiger partial charge is 0.163 e. The lowest BCUT2D eigenvalue weighted by Crippen LogP contribution is -2.30. The van der Waals surface area contributed by atoms with Crippen molar-refractivity contribution >= 4 is 0 Å². The molecule has 0 aliphatic rings. The molecule has 0 aromatic heterocycles. The highest BCUT2D eigenvalue weighted by Gasteiger charge is 2.25. The lowest BCUT2D eigenvalue weighted by Gasteiger charge is -2.22.